The highest BCUT2D eigenvalue weighted by Gasteiger charge is 2.33. The van der Waals surface area contributed by atoms with E-state index in [2.05, 4.69) is 53.1 Å². The molecule has 8 nitrogen and oxygen atoms in total. The molecule has 1 aromatic carbocycles. The Kier molecular flexibility index (Phi) is 6.83. The summed E-state index contributed by atoms with van der Waals surface area (Å²) < 4.78 is 7.25. The predicted octanol–water partition coefficient (Wildman–Crippen LogP) is 4.56. The Hall–Kier alpha value is -2.74. The molecule has 33 heavy (non-hydrogen) atoms. The van der Waals surface area contributed by atoms with Crippen molar-refractivity contribution in [2.45, 2.75) is 90.4 Å². The smallest absolute Gasteiger partial charge is 0.252 e. The number of aromatic nitrogens is 5. The molecule has 1 saturated carbocycles. The van der Waals surface area contributed by atoms with Gasteiger partial charge < -0.3 is 9.72 Å². The third-order valence-electron chi connectivity index (χ3n) is 6.74. The lowest BCUT2D eigenvalue weighted by atomic mass is 9.92. The van der Waals surface area contributed by atoms with Crippen LogP contribution in [0, 0.1) is 0 Å². The van der Waals surface area contributed by atoms with E-state index in [1.807, 2.05) is 28.9 Å². The first-order chi connectivity index (χ1) is 15.8. The van der Waals surface area contributed by atoms with Gasteiger partial charge in [-0.2, -0.15) is 0 Å². The van der Waals surface area contributed by atoms with Crippen molar-refractivity contribution in [2.24, 2.45) is 0 Å². The van der Waals surface area contributed by atoms with Crippen LogP contribution in [0.25, 0.3) is 10.9 Å². The van der Waals surface area contributed by atoms with E-state index in [4.69, 9.17) is 4.74 Å². The molecule has 8 heteroatoms. The van der Waals surface area contributed by atoms with Crippen LogP contribution in [-0.4, -0.2) is 43.2 Å². The zero-order valence-corrected chi connectivity index (χ0v) is 20.5. The average molecular weight is 453 g/mol. The van der Waals surface area contributed by atoms with Crippen LogP contribution in [0.15, 0.2) is 29.1 Å². The van der Waals surface area contributed by atoms with Gasteiger partial charge in [0.1, 0.15) is 5.75 Å². The van der Waals surface area contributed by atoms with Gasteiger partial charge in [0.15, 0.2) is 5.82 Å². The fourth-order valence-electron chi connectivity index (χ4n) is 5.02. The largest absolute Gasteiger partial charge is 0.497 e. The summed E-state index contributed by atoms with van der Waals surface area (Å²) in [4.78, 5) is 18.6. The summed E-state index contributed by atoms with van der Waals surface area (Å²) in [6.45, 7) is 9.10. The molecule has 0 saturated heterocycles. The van der Waals surface area contributed by atoms with E-state index in [9.17, 15) is 4.79 Å². The molecule has 0 aliphatic heterocycles. The van der Waals surface area contributed by atoms with Crippen molar-refractivity contribution in [1.82, 2.24) is 30.1 Å². The van der Waals surface area contributed by atoms with Crippen LogP contribution in [-0.2, 0) is 12.1 Å². The van der Waals surface area contributed by atoms with Crippen molar-refractivity contribution in [2.75, 3.05) is 7.11 Å². The van der Waals surface area contributed by atoms with E-state index in [0.717, 1.165) is 47.3 Å². The molecule has 0 amide bonds. The molecule has 0 unspecified atom stereocenters. The van der Waals surface area contributed by atoms with Gasteiger partial charge in [-0.15, -0.1) is 5.10 Å². The molecule has 1 aliphatic carbocycles. The third kappa shape index (κ3) is 4.95. The summed E-state index contributed by atoms with van der Waals surface area (Å²) >= 11 is 0. The van der Waals surface area contributed by atoms with Gasteiger partial charge in [0, 0.05) is 24.2 Å². The average Bonchev–Trinajstić information content (AvgIpc) is 3.30. The predicted molar refractivity (Wildman–Crippen MR) is 129 cm³/mol. The minimum absolute atomic E-state index is 0.0355. The molecule has 0 bridgehead atoms. The zero-order chi connectivity index (χ0) is 23.6. The van der Waals surface area contributed by atoms with Gasteiger partial charge in [-0.1, -0.05) is 26.2 Å². The first-order valence-electron chi connectivity index (χ1n) is 12.1. The first-order valence-corrected chi connectivity index (χ1v) is 12.1. The van der Waals surface area contributed by atoms with Crippen LogP contribution in [0.1, 0.15) is 83.6 Å². The molecule has 1 aliphatic rings. The Morgan fingerprint density at radius 3 is 2.64 bits per heavy atom. The highest BCUT2D eigenvalue weighted by atomic mass is 16.5. The summed E-state index contributed by atoms with van der Waals surface area (Å²) in [5.74, 6) is 1.60. The SMILES string of the molecule is CC[C@H](c1nnnn1C(C)(C)C)N(Cc1cc2ccc(OC)cc2[nH]c1=O)C1CCCCC1. The second kappa shape index (κ2) is 9.63. The van der Waals surface area contributed by atoms with E-state index in [-0.39, 0.29) is 17.1 Å². The summed E-state index contributed by atoms with van der Waals surface area (Å²) in [6.07, 6.45) is 6.85. The molecule has 2 aromatic heterocycles. The molecular weight excluding hydrogens is 416 g/mol. The van der Waals surface area contributed by atoms with Gasteiger partial charge in [0.25, 0.3) is 5.56 Å². The number of tetrazole rings is 1. The first kappa shape index (κ1) is 23.4. The topological polar surface area (TPSA) is 88.9 Å². The van der Waals surface area contributed by atoms with E-state index in [1.165, 1.54) is 19.3 Å². The maximum atomic E-state index is 13.1. The molecule has 0 radical (unpaired) electrons. The normalized spacial score (nSPS) is 16.4. The number of pyridine rings is 1. The standard InChI is InChI=1S/C25H36N6O2/c1-6-22(23-27-28-29-31(23)25(2,3)4)30(19-10-8-7-9-11-19)16-18-14-17-12-13-20(33-5)15-21(17)26-24(18)32/h12-15,19,22H,6-11,16H2,1-5H3,(H,26,32)/t22-/m1/s1. The number of nitrogens with one attached hydrogen (secondary N) is 1. The Balaban J connectivity index is 1.74. The number of hydrogen-bond donors (Lipinski definition) is 1. The van der Waals surface area contributed by atoms with Gasteiger partial charge >= 0.3 is 0 Å². The maximum Gasteiger partial charge on any atom is 0.252 e. The maximum absolute atomic E-state index is 13.1. The molecule has 178 valence electrons. The lowest BCUT2D eigenvalue weighted by Crippen LogP contribution is -2.42. The molecule has 0 spiro atoms. The number of nitrogens with zero attached hydrogens (tertiary/aromatic N) is 5. The quantitative estimate of drug-likeness (QED) is 0.565. The lowest BCUT2D eigenvalue weighted by Gasteiger charge is -2.39. The van der Waals surface area contributed by atoms with Crippen LogP contribution >= 0.6 is 0 Å². The Labute approximate surface area is 195 Å². The fourth-order valence-corrected chi connectivity index (χ4v) is 5.02. The van der Waals surface area contributed by atoms with Crippen molar-refractivity contribution in [3.8, 4) is 5.75 Å². The van der Waals surface area contributed by atoms with E-state index in [1.54, 1.807) is 7.11 Å². The highest BCUT2D eigenvalue weighted by Crippen LogP contribution is 2.34. The second-order valence-corrected chi connectivity index (χ2v) is 10.1. The molecule has 1 atom stereocenters. The number of rotatable bonds is 7. The monoisotopic (exact) mass is 452 g/mol. The molecule has 3 aromatic rings. The van der Waals surface area contributed by atoms with Crippen LogP contribution in [0.4, 0.5) is 0 Å². The lowest BCUT2D eigenvalue weighted by molar-refractivity contribution is 0.0810. The van der Waals surface area contributed by atoms with Crippen molar-refractivity contribution in [3.63, 3.8) is 0 Å². The number of methoxy groups -OCH3 is 1. The van der Waals surface area contributed by atoms with Gasteiger partial charge in [0.05, 0.1) is 24.2 Å². The van der Waals surface area contributed by atoms with Gasteiger partial charge in [-0.25, -0.2) is 4.68 Å². The number of aromatic amines is 1. The summed E-state index contributed by atoms with van der Waals surface area (Å²) in [5.41, 5.74) is 1.29. The van der Waals surface area contributed by atoms with Crippen LogP contribution in [0.3, 0.4) is 0 Å². The van der Waals surface area contributed by atoms with E-state index >= 15 is 0 Å². The summed E-state index contributed by atoms with van der Waals surface area (Å²) in [5, 5.41) is 13.8. The molecule has 1 N–H and O–H groups in total. The van der Waals surface area contributed by atoms with Crippen LogP contribution in [0.2, 0.25) is 0 Å². The molecule has 2 heterocycles. The number of hydrogen-bond acceptors (Lipinski definition) is 6. The van der Waals surface area contributed by atoms with Gasteiger partial charge in [-0.3, -0.25) is 9.69 Å². The molecule has 1 fully saturated rings. The van der Waals surface area contributed by atoms with E-state index in [0.29, 0.717) is 12.6 Å². The molecular formula is C25H36N6O2. The number of benzene rings is 1. The summed E-state index contributed by atoms with van der Waals surface area (Å²) in [6, 6.07) is 8.24. The van der Waals surface area contributed by atoms with Gasteiger partial charge in [-0.05, 0) is 74.0 Å². The minimum atomic E-state index is -0.218. The Bertz CT molecular complexity index is 1140. The van der Waals surface area contributed by atoms with E-state index < -0.39 is 0 Å². The second-order valence-electron chi connectivity index (χ2n) is 10.1. The number of ether oxygens (including phenoxy) is 1. The van der Waals surface area contributed by atoms with Crippen molar-refractivity contribution in [3.05, 3.63) is 46.0 Å². The van der Waals surface area contributed by atoms with Crippen LogP contribution < -0.4 is 10.3 Å². The fraction of sp³-hybridized carbons (Fsp3) is 0.600. The van der Waals surface area contributed by atoms with Crippen molar-refractivity contribution in [1.29, 1.82) is 0 Å². The van der Waals surface area contributed by atoms with Crippen molar-refractivity contribution >= 4 is 10.9 Å². The minimum Gasteiger partial charge on any atom is -0.497 e. The van der Waals surface area contributed by atoms with Gasteiger partial charge in [0.2, 0.25) is 0 Å². The third-order valence-corrected chi connectivity index (χ3v) is 6.74. The Morgan fingerprint density at radius 2 is 1.97 bits per heavy atom. The zero-order valence-electron chi connectivity index (χ0n) is 20.5. The van der Waals surface area contributed by atoms with Crippen molar-refractivity contribution < 1.29 is 4.74 Å². The molecule has 4 rings (SSSR count). The summed E-state index contributed by atoms with van der Waals surface area (Å²) in [7, 11) is 1.63. The van der Waals surface area contributed by atoms with Crippen LogP contribution in [0.5, 0.6) is 5.75 Å². The highest BCUT2D eigenvalue weighted by molar-refractivity contribution is 5.80. The number of fused-ring (bicyclic) bond motifs is 1. The number of H-pyrrole nitrogens is 1. The Morgan fingerprint density at radius 1 is 1.21 bits per heavy atom.